The molecule has 1 saturated heterocycles. The molecule has 2 N–H and O–H groups in total. The fourth-order valence-electron chi connectivity index (χ4n) is 6.08. The van der Waals surface area contributed by atoms with Crippen molar-refractivity contribution in [1.29, 1.82) is 0 Å². The van der Waals surface area contributed by atoms with Crippen LogP contribution in [0, 0.1) is 24.2 Å². The summed E-state index contributed by atoms with van der Waals surface area (Å²) in [5, 5.41) is 11.5. The van der Waals surface area contributed by atoms with Crippen LogP contribution in [-0.4, -0.2) is 59.5 Å². The zero-order valence-electron chi connectivity index (χ0n) is 23.9. The van der Waals surface area contributed by atoms with Gasteiger partial charge in [0.05, 0.1) is 48.6 Å². The lowest BCUT2D eigenvalue weighted by Gasteiger charge is -2.38. The molecule has 4 aliphatic rings. The molecule has 41 heavy (non-hydrogen) atoms. The van der Waals surface area contributed by atoms with Crippen molar-refractivity contribution in [3.05, 3.63) is 47.8 Å². The van der Waals surface area contributed by atoms with Crippen molar-refractivity contribution < 1.29 is 14.3 Å². The van der Waals surface area contributed by atoms with E-state index in [0.29, 0.717) is 41.5 Å². The minimum atomic E-state index is -0.308. The number of ether oxygens (including phenoxy) is 2. The molecule has 5 heterocycles. The average Bonchev–Trinajstić information content (AvgIpc) is 3.64. The third kappa shape index (κ3) is 5.16. The Bertz CT molecular complexity index is 1520. The smallest absolute Gasteiger partial charge is 0.280 e. The largest absolute Gasteiger partial charge is 0.477 e. The number of anilines is 3. The molecular weight excluding hydrogens is 518 g/mol. The molecule has 214 valence electrons. The molecule has 1 aromatic carbocycles. The molecule has 1 saturated carbocycles. The summed E-state index contributed by atoms with van der Waals surface area (Å²) >= 11 is 0. The number of hydrogen-bond acceptors (Lipinski definition) is 8. The summed E-state index contributed by atoms with van der Waals surface area (Å²) in [4.78, 5) is 25.2. The molecule has 2 bridgehead atoms. The molecule has 10 nitrogen and oxygen atoms in total. The number of nitrogens with zero attached hydrogens (tertiary/aromatic N) is 5. The highest BCUT2D eigenvalue weighted by Crippen LogP contribution is 2.43. The Morgan fingerprint density at radius 2 is 2.00 bits per heavy atom. The van der Waals surface area contributed by atoms with E-state index < -0.39 is 0 Å². The monoisotopic (exact) mass is 555 g/mol. The van der Waals surface area contributed by atoms with Gasteiger partial charge in [0, 0.05) is 42.5 Å². The molecule has 10 heteroatoms. The second kappa shape index (κ2) is 10.2. The van der Waals surface area contributed by atoms with Crippen LogP contribution in [0.3, 0.4) is 0 Å². The van der Waals surface area contributed by atoms with Crippen LogP contribution in [0.1, 0.15) is 48.7 Å². The zero-order chi connectivity index (χ0) is 28.1. The minimum absolute atomic E-state index is 0.166. The van der Waals surface area contributed by atoms with Gasteiger partial charge in [-0.2, -0.15) is 10.1 Å². The van der Waals surface area contributed by atoms with Crippen LogP contribution < -0.4 is 20.3 Å². The number of carbonyl (C=O) groups excluding carboxylic acids is 1. The Balaban J connectivity index is 1.24. The number of guanidine groups is 1. The van der Waals surface area contributed by atoms with E-state index in [2.05, 4.69) is 50.7 Å². The van der Waals surface area contributed by atoms with Crippen LogP contribution in [0.25, 0.3) is 11.3 Å². The highest BCUT2D eigenvalue weighted by atomic mass is 16.5. The number of nitrogens with one attached hydrogen (secondary N) is 2. The van der Waals surface area contributed by atoms with Crippen molar-refractivity contribution in [2.45, 2.75) is 39.5 Å². The molecule has 1 amide bonds. The number of rotatable bonds is 4. The van der Waals surface area contributed by atoms with E-state index in [-0.39, 0.29) is 11.3 Å². The van der Waals surface area contributed by atoms with E-state index in [4.69, 9.17) is 14.5 Å². The van der Waals surface area contributed by atoms with Gasteiger partial charge >= 0.3 is 0 Å². The maximum Gasteiger partial charge on any atom is 0.280 e. The number of benzene rings is 1. The molecule has 1 aliphatic carbocycles. The summed E-state index contributed by atoms with van der Waals surface area (Å²) in [7, 11) is 1.87. The number of aromatic nitrogens is 3. The Kier molecular flexibility index (Phi) is 6.45. The summed E-state index contributed by atoms with van der Waals surface area (Å²) < 4.78 is 13.4. The number of hydrogen-bond donors (Lipinski definition) is 2. The van der Waals surface area contributed by atoms with Gasteiger partial charge in [0.2, 0.25) is 11.8 Å². The third-order valence-corrected chi connectivity index (χ3v) is 8.64. The van der Waals surface area contributed by atoms with E-state index in [1.807, 2.05) is 14.0 Å². The summed E-state index contributed by atoms with van der Waals surface area (Å²) in [5.74, 6) is 2.11. The van der Waals surface area contributed by atoms with Crippen molar-refractivity contribution in [2.24, 2.45) is 29.3 Å². The Labute approximate surface area is 240 Å². The first-order valence-corrected chi connectivity index (χ1v) is 14.6. The summed E-state index contributed by atoms with van der Waals surface area (Å²) in [5.41, 5.74) is 5.87. The predicted octanol–water partition coefficient (Wildman–Crippen LogP) is 4.87. The second-order valence-electron chi connectivity index (χ2n) is 12.3. The number of amides is 1. The number of aliphatic imine (C=N–C) groups is 1. The van der Waals surface area contributed by atoms with Crippen LogP contribution >= 0.6 is 0 Å². The topological polar surface area (TPSA) is 106 Å². The maximum absolute atomic E-state index is 13.7. The molecule has 3 aromatic rings. The fourth-order valence-corrected chi connectivity index (χ4v) is 6.08. The first kappa shape index (κ1) is 26.0. The van der Waals surface area contributed by atoms with E-state index in [1.54, 1.807) is 23.0 Å². The quantitative estimate of drug-likeness (QED) is 0.470. The van der Waals surface area contributed by atoms with Crippen LogP contribution in [-0.2, 0) is 11.8 Å². The maximum atomic E-state index is 13.7. The minimum Gasteiger partial charge on any atom is -0.477 e. The molecule has 2 fully saturated rings. The standard InChI is InChI=1S/C31H37N7O3/c1-19-11-22-12-25(34-19)24-14-33-37(3)29(24)41-10-4-5-21(20-6-7-20)15-38-27-9-8-23(32-16-31(2)17-40-18-31)13-26(27)35-30(38)36-28(22)39/h8-9,11-14,20-21,32H,4-7,10,15-18H2,1-3H3,(H,35,36,39)/t21-/m1/s1. The lowest BCUT2D eigenvalue weighted by Crippen LogP contribution is -2.45. The molecular formula is C31H37N7O3. The normalized spacial score (nSPS) is 22.9. The van der Waals surface area contributed by atoms with Gasteiger partial charge < -0.3 is 25.0 Å². The summed E-state index contributed by atoms with van der Waals surface area (Å²) in [6.45, 7) is 7.93. The zero-order valence-corrected chi connectivity index (χ0v) is 23.9. The van der Waals surface area contributed by atoms with Gasteiger partial charge in [-0.05, 0) is 74.8 Å². The summed E-state index contributed by atoms with van der Waals surface area (Å²) in [6, 6.07) is 9.95. The lowest BCUT2D eigenvalue weighted by atomic mass is 9.88. The van der Waals surface area contributed by atoms with E-state index in [0.717, 1.165) is 67.5 Å². The third-order valence-electron chi connectivity index (χ3n) is 8.64. The molecule has 2 aromatic heterocycles. The van der Waals surface area contributed by atoms with Crippen molar-refractivity contribution in [3.63, 3.8) is 0 Å². The first-order valence-electron chi connectivity index (χ1n) is 14.6. The van der Waals surface area contributed by atoms with Gasteiger partial charge in [-0.25, -0.2) is 4.68 Å². The van der Waals surface area contributed by atoms with E-state index >= 15 is 0 Å². The molecule has 0 unspecified atom stereocenters. The molecule has 1 atom stereocenters. The average molecular weight is 556 g/mol. The van der Waals surface area contributed by atoms with E-state index in [1.165, 1.54) is 12.8 Å². The Morgan fingerprint density at radius 1 is 1.15 bits per heavy atom. The highest BCUT2D eigenvalue weighted by Gasteiger charge is 2.37. The number of pyridine rings is 1. The lowest BCUT2D eigenvalue weighted by molar-refractivity contribution is -0.0924. The second-order valence-corrected chi connectivity index (χ2v) is 12.3. The van der Waals surface area contributed by atoms with Gasteiger partial charge in [0.1, 0.15) is 0 Å². The van der Waals surface area contributed by atoms with Crippen molar-refractivity contribution in [3.8, 4) is 17.1 Å². The SMILES string of the molecule is Cc1cc2cc(n1)-c1cnn(C)c1OCCC[C@@H](C1CC1)CN1/C(=N/C2=O)Nc2cc(NCC3(C)COC3)ccc21. The molecule has 0 radical (unpaired) electrons. The van der Waals surface area contributed by atoms with Crippen LogP contribution in [0.5, 0.6) is 5.88 Å². The number of aryl methyl sites for hydroxylation is 2. The first-order chi connectivity index (χ1) is 19.8. The van der Waals surface area contributed by atoms with Crippen LogP contribution in [0.4, 0.5) is 17.1 Å². The van der Waals surface area contributed by atoms with Gasteiger partial charge in [0.15, 0.2) is 0 Å². The van der Waals surface area contributed by atoms with Crippen molar-refractivity contribution in [1.82, 2.24) is 14.8 Å². The van der Waals surface area contributed by atoms with Crippen LogP contribution in [0.2, 0.25) is 0 Å². The van der Waals surface area contributed by atoms with Crippen LogP contribution in [0.15, 0.2) is 41.5 Å². The van der Waals surface area contributed by atoms with E-state index in [9.17, 15) is 4.79 Å². The summed E-state index contributed by atoms with van der Waals surface area (Å²) in [6.07, 6.45) is 6.22. The van der Waals surface area contributed by atoms with Gasteiger partial charge in [0.25, 0.3) is 5.91 Å². The molecule has 0 spiro atoms. The molecule has 7 rings (SSSR count). The van der Waals surface area contributed by atoms with Crippen molar-refractivity contribution >= 4 is 28.9 Å². The Morgan fingerprint density at radius 3 is 2.78 bits per heavy atom. The number of carbonyl (C=O) groups is 1. The fraction of sp³-hybridized carbons (Fsp3) is 0.484. The van der Waals surface area contributed by atoms with Gasteiger partial charge in [-0.15, -0.1) is 0 Å². The van der Waals surface area contributed by atoms with Gasteiger partial charge in [-0.3, -0.25) is 9.78 Å². The van der Waals surface area contributed by atoms with Gasteiger partial charge in [-0.1, -0.05) is 6.92 Å². The Hall–Kier alpha value is -3.92. The highest BCUT2D eigenvalue weighted by molar-refractivity contribution is 6.19. The predicted molar refractivity (Wildman–Crippen MR) is 159 cm³/mol. The molecule has 3 aliphatic heterocycles. The van der Waals surface area contributed by atoms with Crippen molar-refractivity contribution in [2.75, 3.05) is 48.4 Å². The number of fused-ring (bicyclic) bond motifs is 7.